The number of aliphatic imine (C=N–C) groups is 1. The van der Waals surface area contributed by atoms with Crippen LogP contribution in [-0.2, 0) is 9.47 Å². The monoisotopic (exact) mass is 219 g/mol. The molecule has 0 amide bonds. The Labute approximate surface area is 93.5 Å². The minimum Gasteiger partial charge on any atom is -0.508 e. The van der Waals surface area contributed by atoms with Gasteiger partial charge in [0.25, 0.3) is 0 Å². The van der Waals surface area contributed by atoms with Gasteiger partial charge in [0.2, 0.25) is 5.90 Å². The van der Waals surface area contributed by atoms with E-state index in [-0.39, 0.29) is 17.9 Å². The first-order valence-electron chi connectivity index (χ1n) is 5.37. The summed E-state index contributed by atoms with van der Waals surface area (Å²) in [6.45, 7) is 3.22. The molecule has 2 aliphatic rings. The molecular formula is C12H13NO3. The predicted octanol–water partition coefficient (Wildman–Crippen LogP) is 1.24. The van der Waals surface area contributed by atoms with Gasteiger partial charge in [-0.3, -0.25) is 0 Å². The first-order chi connectivity index (χ1) is 7.75. The molecule has 84 valence electrons. The van der Waals surface area contributed by atoms with Gasteiger partial charge in [-0.2, -0.15) is 0 Å². The van der Waals surface area contributed by atoms with Crippen molar-refractivity contribution in [2.24, 2.45) is 4.99 Å². The van der Waals surface area contributed by atoms with Gasteiger partial charge >= 0.3 is 0 Å². The molecule has 16 heavy (non-hydrogen) atoms. The largest absolute Gasteiger partial charge is 0.508 e. The second kappa shape index (κ2) is 3.49. The number of rotatable bonds is 2. The number of hydrogen-bond donors (Lipinski definition) is 1. The van der Waals surface area contributed by atoms with Crippen LogP contribution in [0, 0.1) is 6.92 Å². The highest BCUT2D eigenvalue weighted by Gasteiger charge is 2.37. The maximum atomic E-state index is 9.61. The SMILES string of the molecule is Cc1c(O)cccc1C1=NC(C2CO2)CO1. The topological polar surface area (TPSA) is 54.4 Å². The number of hydrogen-bond acceptors (Lipinski definition) is 4. The van der Waals surface area contributed by atoms with Gasteiger partial charge in [-0.1, -0.05) is 6.07 Å². The predicted molar refractivity (Wildman–Crippen MR) is 58.9 cm³/mol. The van der Waals surface area contributed by atoms with E-state index < -0.39 is 0 Å². The van der Waals surface area contributed by atoms with Crippen molar-refractivity contribution in [2.45, 2.75) is 19.1 Å². The molecular weight excluding hydrogens is 206 g/mol. The van der Waals surface area contributed by atoms with Gasteiger partial charge in [0, 0.05) is 11.1 Å². The van der Waals surface area contributed by atoms with Crippen LogP contribution >= 0.6 is 0 Å². The first kappa shape index (κ1) is 9.66. The quantitative estimate of drug-likeness (QED) is 0.761. The minimum atomic E-state index is 0.122. The summed E-state index contributed by atoms with van der Waals surface area (Å²) >= 11 is 0. The molecule has 0 aliphatic carbocycles. The van der Waals surface area contributed by atoms with Crippen LogP contribution in [-0.4, -0.2) is 36.4 Å². The highest BCUT2D eigenvalue weighted by Crippen LogP contribution is 2.26. The number of aromatic hydroxyl groups is 1. The van der Waals surface area contributed by atoms with E-state index >= 15 is 0 Å². The second-order valence-electron chi connectivity index (χ2n) is 4.13. The Hall–Kier alpha value is -1.55. The van der Waals surface area contributed by atoms with Crippen LogP contribution in [0.5, 0.6) is 5.75 Å². The molecule has 2 aliphatic heterocycles. The molecule has 0 aromatic heterocycles. The summed E-state index contributed by atoms with van der Waals surface area (Å²) < 4.78 is 10.7. The van der Waals surface area contributed by atoms with Gasteiger partial charge in [0.1, 0.15) is 24.5 Å². The summed E-state index contributed by atoms with van der Waals surface area (Å²) in [7, 11) is 0. The number of epoxide rings is 1. The fraction of sp³-hybridized carbons (Fsp3) is 0.417. The van der Waals surface area contributed by atoms with Crippen LogP contribution in [0.4, 0.5) is 0 Å². The summed E-state index contributed by atoms with van der Waals surface area (Å²) in [6, 6.07) is 5.49. The summed E-state index contributed by atoms with van der Waals surface area (Å²) in [4.78, 5) is 4.48. The Morgan fingerprint density at radius 1 is 1.38 bits per heavy atom. The fourth-order valence-corrected chi connectivity index (χ4v) is 1.86. The lowest BCUT2D eigenvalue weighted by atomic mass is 10.1. The molecule has 1 fully saturated rings. The van der Waals surface area contributed by atoms with Crippen molar-refractivity contribution in [1.82, 2.24) is 0 Å². The van der Waals surface area contributed by atoms with E-state index in [1.54, 1.807) is 12.1 Å². The molecule has 4 nitrogen and oxygen atoms in total. The summed E-state index contributed by atoms with van der Waals surface area (Å²) in [6.07, 6.45) is 0.232. The van der Waals surface area contributed by atoms with Crippen molar-refractivity contribution in [1.29, 1.82) is 0 Å². The number of benzene rings is 1. The number of ether oxygens (including phenoxy) is 2. The van der Waals surface area contributed by atoms with E-state index in [4.69, 9.17) is 9.47 Å². The van der Waals surface area contributed by atoms with Gasteiger partial charge in [-0.05, 0) is 19.1 Å². The zero-order valence-corrected chi connectivity index (χ0v) is 9.01. The average molecular weight is 219 g/mol. The van der Waals surface area contributed by atoms with E-state index in [9.17, 15) is 5.11 Å². The molecule has 0 spiro atoms. The van der Waals surface area contributed by atoms with Crippen molar-refractivity contribution in [3.63, 3.8) is 0 Å². The van der Waals surface area contributed by atoms with Gasteiger partial charge in [0.15, 0.2) is 0 Å². The van der Waals surface area contributed by atoms with Crippen molar-refractivity contribution >= 4 is 5.90 Å². The lowest BCUT2D eigenvalue weighted by Gasteiger charge is -2.06. The first-order valence-corrected chi connectivity index (χ1v) is 5.37. The van der Waals surface area contributed by atoms with E-state index in [2.05, 4.69) is 4.99 Å². The van der Waals surface area contributed by atoms with E-state index in [0.717, 1.165) is 17.7 Å². The Morgan fingerprint density at radius 3 is 2.94 bits per heavy atom. The summed E-state index contributed by atoms with van der Waals surface area (Å²) in [5.41, 5.74) is 1.67. The molecule has 1 aromatic rings. The van der Waals surface area contributed by atoms with Crippen molar-refractivity contribution in [2.75, 3.05) is 13.2 Å². The lowest BCUT2D eigenvalue weighted by Crippen LogP contribution is -2.13. The Morgan fingerprint density at radius 2 is 2.19 bits per heavy atom. The van der Waals surface area contributed by atoms with Crippen LogP contribution in [0.2, 0.25) is 0 Å². The van der Waals surface area contributed by atoms with Gasteiger partial charge in [0.05, 0.1) is 6.61 Å². The van der Waals surface area contributed by atoms with Crippen LogP contribution < -0.4 is 0 Å². The Balaban J connectivity index is 1.92. The number of nitrogens with zero attached hydrogens (tertiary/aromatic N) is 1. The van der Waals surface area contributed by atoms with Gasteiger partial charge in [-0.25, -0.2) is 4.99 Å². The molecule has 0 radical (unpaired) electrons. The maximum Gasteiger partial charge on any atom is 0.217 e. The summed E-state index contributed by atoms with van der Waals surface area (Å²) in [5, 5.41) is 9.61. The minimum absolute atomic E-state index is 0.122. The van der Waals surface area contributed by atoms with E-state index in [1.807, 2.05) is 13.0 Å². The molecule has 4 heteroatoms. The van der Waals surface area contributed by atoms with Crippen LogP contribution in [0.1, 0.15) is 11.1 Å². The Bertz CT molecular complexity index is 452. The van der Waals surface area contributed by atoms with Gasteiger partial charge < -0.3 is 14.6 Å². The third-order valence-electron chi connectivity index (χ3n) is 3.00. The molecule has 3 rings (SSSR count). The maximum absolute atomic E-state index is 9.61. The van der Waals surface area contributed by atoms with E-state index in [0.29, 0.717) is 12.5 Å². The lowest BCUT2D eigenvalue weighted by molar-refractivity contribution is 0.284. The van der Waals surface area contributed by atoms with Crippen molar-refractivity contribution in [3.8, 4) is 5.75 Å². The second-order valence-corrected chi connectivity index (χ2v) is 4.13. The third kappa shape index (κ3) is 1.55. The molecule has 1 saturated heterocycles. The molecule has 2 unspecified atom stereocenters. The van der Waals surface area contributed by atoms with Crippen LogP contribution in [0.15, 0.2) is 23.2 Å². The van der Waals surface area contributed by atoms with Crippen molar-refractivity contribution in [3.05, 3.63) is 29.3 Å². The highest BCUT2D eigenvalue weighted by atomic mass is 16.6. The molecule has 2 atom stereocenters. The smallest absolute Gasteiger partial charge is 0.217 e. The average Bonchev–Trinajstić information content (AvgIpc) is 3.02. The molecule has 0 bridgehead atoms. The zero-order chi connectivity index (χ0) is 11.1. The summed E-state index contributed by atoms with van der Waals surface area (Å²) in [5.74, 6) is 0.892. The third-order valence-corrected chi connectivity index (χ3v) is 3.00. The number of phenols is 1. The van der Waals surface area contributed by atoms with Gasteiger partial charge in [-0.15, -0.1) is 0 Å². The Kier molecular flexibility index (Phi) is 2.11. The van der Waals surface area contributed by atoms with E-state index in [1.165, 1.54) is 0 Å². The zero-order valence-electron chi connectivity index (χ0n) is 9.01. The fourth-order valence-electron chi connectivity index (χ4n) is 1.86. The van der Waals surface area contributed by atoms with Crippen LogP contribution in [0.25, 0.3) is 0 Å². The molecule has 1 N–H and O–H groups in total. The molecule has 2 heterocycles. The van der Waals surface area contributed by atoms with Crippen molar-refractivity contribution < 1.29 is 14.6 Å². The molecule has 0 saturated carbocycles. The van der Waals surface area contributed by atoms with Crippen LogP contribution in [0.3, 0.4) is 0 Å². The highest BCUT2D eigenvalue weighted by molar-refractivity contribution is 5.97. The number of phenolic OH excluding ortho intramolecular Hbond substituents is 1. The normalized spacial score (nSPS) is 27.4. The standard InChI is InChI=1S/C12H13NO3/c1-7-8(3-2-4-10(7)14)12-13-9(5-16-12)11-6-15-11/h2-4,9,11,14H,5-6H2,1H3. The molecule has 1 aromatic carbocycles.